The van der Waals surface area contributed by atoms with Crippen molar-refractivity contribution in [1.29, 1.82) is 0 Å². The normalized spacial score (nSPS) is 14.7. The highest BCUT2D eigenvalue weighted by molar-refractivity contribution is 8.01. The molecule has 1 aliphatic rings. The number of amides is 2. The number of nitrogens with zero attached hydrogens (tertiary/aromatic N) is 2. The van der Waals surface area contributed by atoms with Crippen LogP contribution in [-0.4, -0.2) is 47.1 Å². The molecule has 5 nitrogen and oxygen atoms in total. The summed E-state index contributed by atoms with van der Waals surface area (Å²) in [6.07, 6.45) is 2.14. The van der Waals surface area contributed by atoms with Gasteiger partial charge in [-0.05, 0) is 19.8 Å². The number of rotatable bonds is 5. The number of likely N-dealkylation sites (tertiary alicyclic amines) is 1. The number of thiazole rings is 1. The van der Waals surface area contributed by atoms with Crippen LogP contribution in [0.2, 0.25) is 0 Å². The predicted molar refractivity (Wildman–Crippen MR) is 76.4 cm³/mol. The number of aromatic nitrogens is 1. The minimum Gasteiger partial charge on any atom is -0.346 e. The van der Waals surface area contributed by atoms with Crippen molar-refractivity contribution < 1.29 is 9.59 Å². The van der Waals surface area contributed by atoms with Gasteiger partial charge in [0, 0.05) is 24.2 Å². The smallest absolute Gasteiger partial charge is 0.241 e. The number of carbonyl (C=O) groups is 2. The Morgan fingerprint density at radius 1 is 1.47 bits per heavy atom. The van der Waals surface area contributed by atoms with E-state index < -0.39 is 0 Å². The van der Waals surface area contributed by atoms with Crippen molar-refractivity contribution in [2.45, 2.75) is 24.1 Å². The molecule has 0 spiro atoms. The maximum atomic E-state index is 11.7. The fraction of sp³-hybridized carbons (Fsp3) is 0.583. The first-order chi connectivity index (χ1) is 9.15. The number of thioether (sulfide) groups is 1. The number of aryl methyl sites for hydroxylation is 1. The third kappa shape index (κ3) is 4.50. The van der Waals surface area contributed by atoms with E-state index in [4.69, 9.17) is 0 Å². The lowest BCUT2D eigenvalue weighted by Crippen LogP contribution is -2.39. The quantitative estimate of drug-likeness (QED) is 0.832. The molecule has 2 heterocycles. The summed E-state index contributed by atoms with van der Waals surface area (Å²) in [7, 11) is 0. The Morgan fingerprint density at radius 2 is 2.21 bits per heavy atom. The lowest BCUT2D eigenvalue weighted by Gasteiger charge is -2.15. The van der Waals surface area contributed by atoms with Crippen LogP contribution in [0.3, 0.4) is 0 Å². The van der Waals surface area contributed by atoms with Gasteiger partial charge in [0.1, 0.15) is 0 Å². The van der Waals surface area contributed by atoms with Crippen LogP contribution in [-0.2, 0) is 9.59 Å². The molecule has 19 heavy (non-hydrogen) atoms. The molecular weight excluding hydrogens is 282 g/mol. The van der Waals surface area contributed by atoms with Gasteiger partial charge < -0.3 is 10.2 Å². The van der Waals surface area contributed by atoms with Crippen LogP contribution in [0.15, 0.2) is 9.72 Å². The summed E-state index contributed by atoms with van der Waals surface area (Å²) < 4.78 is 0.888. The van der Waals surface area contributed by atoms with Crippen molar-refractivity contribution in [2.75, 3.05) is 25.4 Å². The molecule has 1 aliphatic heterocycles. The summed E-state index contributed by atoms with van der Waals surface area (Å²) in [5, 5.41) is 4.62. The van der Waals surface area contributed by atoms with Crippen LogP contribution in [0.1, 0.15) is 18.5 Å². The first-order valence-electron chi connectivity index (χ1n) is 6.24. The standard InChI is InChI=1S/C12H17N3O2S2/c1-9-7-18-12(14-9)19-8-10(16)13-6-11(17)15-4-2-3-5-15/h7H,2-6,8H2,1H3,(H,13,16). The fourth-order valence-electron chi connectivity index (χ4n) is 1.83. The molecule has 0 aromatic carbocycles. The van der Waals surface area contributed by atoms with Gasteiger partial charge in [-0.15, -0.1) is 11.3 Å². The van der Waals surface area contributed by atoms with Crippen LogP contribution < -0.4 is 5.32 Å². The zero-order valence-electron chi connectivity index (χ0n) is 10.8. The summed E-state index contributed by atoms with van der Waals surface area (Å²) in [4.78, 5) is 29.4. The molecule has 0 radical (unpaired) electrons. The number of hydrogen-bond acceptors (Lipinski definition) is 5. The van der Waals surface area contributed by atoms with Crippen LogP contribution in [0.4, 0.5) is 0 Å². The van der Waals surface area contributed by atoms with Gasteiger partial charge in [0.15, 0.2) is 4.34 Å². The van der Waals surface area contributed by atoms with Gasteiger partial charge >= 0.3 is 0 Å². The molecule has 2 amide bonds. The second-order valence-corrected chi connectivity index (χ2v) is 6.49. The van der Waals surface area contributed by atoms with E-state index in [1.165, 1.54) is 23.1 Å². The Morgan fingerprint density at radius 3 is 2.84 bits per heavy atom. The predicted octanol–water partition coefficient (Wildman–Crippen LogP) is 1.28. The van der Waals surface area contributed by atoms with Crippen molar-refractivity contribution in [3.63, 3.8) is 0 Å². The van der Waals surface area contributed by atoms with Crippen molar-refractivity contribution in [3.05, 3.63) is 11.1 Å². The van der Waals surface area contributed by atoms with Gasteiger partial charge in [-0.2, -0.15) is 0 Å². The molecule has 1 aromatic rings. The molecule has 0 atom stereocenters. The van der Waals surface area contributed by atoms with E-state index in [-0.39, 0.29) is 18.4 Å². The zero-order chi connectivity index (χ0) is 13.7. The van der Waals surface area contributed by atoms with Crippen LogP contribution in [0.5, 0.6) is 0 Å². The monoisotopic (exact) mass is 299 g/mol. The zero-order valence-corrected chi connectivity index (χ0v) is 12.5. The van der Waals surface area contributed by atoms with Gasteiger partial charge in [-0.25, -0.2) is 4.98 Å². The Hall–Kier alpha value is -1.08. The van der Waals surface area contributed by atoms with Gasteiger partial charge in [-0.1, -0.05) is 11.8 Å². The third-order valence-electron chi connectivity index (χ3n) is 2.82. The summed E-state index contributed by atoms with van der Waals surface area (Å²) in [6.45, 7) is 3.68. The molecule has 0 bridgehead atoms. The van der Waals surface area contributed by atoms with Crippen LogP contribution in [0, 0.1) is 6.92 Å². The maximum Gasteiger partial charge on any atom is 0.241 e. The van der Waals surface area contributed by atoms with Crippen molar-refractivity contribution >= 4 is 34.9 Å². The highest BCUT2D eigenvalue weighted by Crippen LogP contribution is 2.21. The Bertz CT molecular complexity index is 456. The Kier molecular flexibility index (Phi) is 5.21. The van der Waals surface area contributed by atoms with E-state index in [0.29, 0.717) is 5.75 Å². The second-order valence-electron chi connectivity index (χ2n) is 4.41. The first-order valence-corrected chi connectivity index (χ1v) is 8.11. The van der Waals surface area contributed by atoms with E-state index in [0.717, 1.165) is 36.0 Å². The summed E-state index contributed by atoms with van der Waals surface area (Å²) in [5.74, 6) is 0.201. The third-order valence-corrected chi connectivity index (χ3v) is 4.96. The van der Waals surface area contributed by atoms with Crippen molar-refractivity contribution in [2.24, 2.45) is 0 Å². The largest absolute Gasteiger partial charge is 0.346 e. The van der Waals surface area contributed by atoms with Gasteiger partial charge in [0.2, 0.25) is 11.8 Å². The first kappa shape index (κ1) is 14.3. The number of nitrogens with one attached hydrogen (secondary N) is 1. The van der Waals surface area contributed by atoms with Crippen LogP contribution >= 0.6 is 23.1 Å². The van der Waals surface area contributed by atoms with E-state index in [9.17, 15) is 9.59 Å². The summed E-state index contributed by atoms with van der Waals surface area (Å²) in [6, 6.07) is 0. The maximum absolute atomic E-state index is 11.7. The lowest BCUT2D eigenvalue weighted by molar-refractivity contribution is -0.131. The van der Waals surface area contributed by atoms with E-state index in [2.05, 4.69) is 10.3 Å². The average molecular weight is 299 g/mol. The summed E-state index contributed by atoms with van der Waals surface area (Å²) >= 11 is 2.94. The highest BCUT2D eigenvalue weighted by Gasteiger charge is 2.18. The molecule has 1 N–H and O–H groups in total. The van der Waals surface area contributed by atoms with Crippen LogP contribution in [0.25, 0.3) is 0 Å². The Labute approximate surface area is 120 Å². The molecule has 1 saturated heterocycles. The molecule has 7 heteroatoms. The molecule has 2 rings (SSSR count). The number of hydrogen-bond donors (Lipinski definition) is 1. The fourth-order valence-corrected chi connectivity index (χ4v) is 3.51. The van der Waals surface area contributed by atoms with Crippen molar-refractivity contribution in [3.8, 4) is 0 Å². The second kappa shape index (κ2) is 6.91. The molecule has 104 valence electrons. The minimum absolute atomic E-state index is 0.0148. The van der Waals surface area contributed by atoms with E-state index in [1.54, 1.807) is 4.90 Å². The molecular formula is C12H17N3O2S2. The topological polar surface area (TPSA) is 62.3 Å². The number of carbonyl (C=O) groups excluding carboxylic acids is 2. The molecule has 0 unspecified atom stereocenters. The highest BCUT2D eigenvalue weighted by atomic mass is 32.2. The molecule has 1 fully saturated rings. The summed E-state index contributed by atoms with van der Waals surface area (Å²) in [5.41, 5.74) is 0.970. The van der Waals surface area contributed by atoms with Gasteiger partial charge in [0.05, 0.1) is 12.3 Å². The molecule has 1 aromatic heterocycles. The van der Waals surface area contributed by atoms with E-state index in [1.807, 2.05) is 12.3 Å². The Balaban J connectivity index is 1.65. The molecule has 0 saturated carbocycles. The van der Waals surface area contributed by atoms with Gasteiger partial charge in [0.25, 0.3) is 0 Å². The SMILES string of the molecule is Cc1csc(SCC(=O)NCC(=O)N2CCCC2)n1. The minimum atomic E-state index is -0.120. The lowest BCUT2D eigenvalue weighted by atomic mass is 10.4. The van der Waals surface area contributed by atoms with Crippen molar-refractivity contribution in [1.82, 2.24) is 15.2 Å². The average Bonchev–Trinajstić information content (AvgIpc) is 3.04. The van der Waals surface area contributed by atoms with E-state index >= 15 is 0 Å². The molecule has 0 aliphatic carbocycles. The van der Waals surface area contributed by atoms with Gasteiger partial charge in [-0.3, -0.25) is 9.59 Å².